The smallest absolute Gasteiger partial charge is 0.312 e. The van der Waals surface area contributed by atoms with Crippen molar-refractivity contribution in [3.63, 3.8) is 0 Å². The van der Waals surface area contributed by atoms with Crippen LogP contribution in [0.3, 0.4) is 0 Å². The van der Waals surface area contributed by atoms with Crippen LogP contribution in [0, 0.1) is 11.8 Å². The van der Waals surface area contributed by atoms with Gasteiger partial charge < -0.3 is 14.5 Å². The third-order valence-electron chi connectivity index (χ3n) is 4.09. The molecule has 0 aromatic carbocycles. The second kappa shape index (κ2) is 9.52. The molecule has 146 valence electrons. The number of carbonyl (C=O) groups excluding carboxylic acids is 2. The predicted molar refractivity (Wildman–Crippen MR) is 96.9 cm³/mol. The first-order chi connectivity index (χ1) is 11.6. The minimum atomic E-state index is -3.14. The molecule has 1 rings (SSSR count). The van der Waals surface area contributed by atoms with E-state index < -0.39 is 27.7 Å². The molecule has 0 saturated carbocycles. The Morgan fingerprint density at radius 3 is 2.04 bits per heavy atom. The molecule has 25 heavy (non-hydrogen) atoms. The lowest BCUT2D eigenvalue weighted by Crippen LogP contribution is -2.52. The lowest BCUT2D eigenvalue weighted by Gasteiger charge is -2.31. The monoisotopic (exact) mass is 376 g/mol. The van der Waals surface area contributed by atoms with Gasteiger partial charge in [-0.25, -0.2) is 8.42 Å². The third kappa shape index (κ3) is 6.93. The SMILES string of the molecule is COCCN(C(=O)C(=O)N(CC(C)C)CC(C)C)C1CCS(=O)(=O)C1. The molecule has 0 radical (unpaired) electrons. The summed E-state index contributed by atoms with van der Waals surface area (Å²) in [7, 11) is -1.63. The van der Waals surface area contributed by atoms with Gasteiger partial charge in [0, 0.05) is 32.8 Å². The Kier molecular flexibility index (Phi) is 8.34. The summed E-state index contributed by atoms with van der Waals surface area (Å²) >= 11 is 0. The van der Waals surface area contributed by atoms with Crippen LogP contribution in [-0.4, -0.2) is 80.9 Å². The average molecular weight is 377 g/mol. The summed E-state index contributed by atoms with van der Waals surface area (Å²) in [5.74, 6) is -0.707. The molecule has 0 N–H and O–H groups in total. The number of sulfone groups is 1. The number of hydrogen-bond donors (Lipinski definition) is 0. The highest BCUT2D eigenvalue weighted by molar-refractivity contribution is 7.91. The second-order valence-electron chi connectivity index (χ2n) is 7.55. The fourth-order valence-corrected chi connectivity index (χ4v) is 4.77. The normalized spacial score (nSPS) is 19.4. The Morgan fingerprint density at radius 2 is 1.64 bits per heavy atom. The maximum atomic E-state index is 12.8. The van der Waals surface area contributed by atoms with Crippen molar-refractivity contribution in [2.45, 2.75) is 40.2 Å². The molecule has 0 aromatic rings. The van der Waals surface area contributed by atoms with Gasteiger partial charge in [0.25, 0.3) is 0 Å². The maximum absolute atomic E-state index is 12.8. The van der Waals surface area contributed by atoms with Crippen LogP contribution in [0.5, 0.6) is 0 Å². The summed E-state index contributed by atoms with van der Waals surface area (Å²) in [4.78, 5) is 28.6. The van der Waals surface area contributed by atoms with Crippen molar-refractivity contribution in [1.82, 2.24) is 9.80 Å². The van der Waals surface area contributed by atoms with Crippen LogP contribution in [0.25, 0.3) is 0 Å². The van der Waals surface area contributed by atoms with Crippen LogP contribution in [0.1, 0.15) is 34.1 Å². The zero-order valence-corrected chi connectivity index (χ0v) is 16.8. The van der Waals surface area contributed by atoms with Crippen LogP contribution in [0.15, 0.2) is 0 Å². The summed E-state index contributed by atoms with van der Waals surface area (Å²) in [6.45, 7) is 9.49. The zero-order valence-electron chi connectivity index (χ0n) is 16.0. The molecule has 0 aromatic heterocycles. The molecule has 1 aliphatic rings. The molecular weight excluding hydrogens is 344 g/mol. The summed E-state index contributed by atoms with van der Waals surface area (Å²) in [5.41, 5.74) is 0. The van der Waals surface area contributed by atoms with Crippen molar-refractivity contribution >= 4 is 21.7 Å². The summed E-state index contributed by atoms with van der Waals surface area (Å²) in [6.07, 6.45) is 0.374. The Labute approximate surface area is 151 Å². The van der Waals surface area contributed by atoms with Crippen LogP contribution in [0.2, 0.25) is 0 Å². The largest absolute Gasteiger partial charge is 0.383 e. The highest BCUT2D eigenvalue weighted by Crippen LogP contribution is 2.19. The number of ether oxygens (including phenoxy) is 1. The molecule has 1 fully saturated rings. The fraction of sp³-hybridized carbons (Fsp3) is 0.882. The lowest BCUT2D eigenvalue weighted by atomic mass is 10.1. The molecule has 2 amide bonds. The number of methoxy groups -OCH3 is 1. The Balaban J connectivity index is 2.94. The van der Waals surface area contributed by atoms with E-state index in [1.165, 1.54) is 12.0 Å². The van der Waals surface area contributed by atoms with Crippen LogP contribution in [0.4, 0.5) is 0 Å². The van der Waals surface area contributed by atoms with Crippen LogP contribution in [-0.2, 0) is 24.2 Å². The predicted octanol–water partition coefficient (Wildman–Crippen LogP) is 0.789. The first-order valence-electron chi connectivity index (χ1n) is 8.86. The standard InChI is InChI=1S/C17H32N2O5S/c1-13(2)10-18(11-14(3)4)16(20)17(21)19(7-8-24-5)15-6-9-25(22,23)12-15/h13-15H,6-12H2,1-5H3. The number of nitrogens with zero attached hydrogens (tertiary/aromatic N) is 2. The molecule has 0 bridgehead atoms. The minimum absolute atomic E-state index is 0.0598. The van der Waals surface area contributed by atoms with E-state index in [1.54, 1.807) is 4.90 Å². The molecule has 8 heteroatoms. The third-order valence-corrected chi connectivity index (χ3v) is 5.84. The molecule has 0 spiro atoms. The van der Waals surface area contributed by atoms with E-state index in [4.69, 9.17) is 4.74 Å². The molecule has 1 aliphatic heterocycles. The summed E-state index contributed by atoms with van der Waals surface area (Å²) in [5, 5.41) is 0. The average Bonchev–Trinajstić information content (AvgIpc) is 2.85. The van der Waals surface area contributed by atoms with Crippen LogP contribution >= 0.6 is 0 Å². The van der Waals surface area contributed by atoms with Gasteiger partial charge >= 0.3 is 11.8 Å². The topological polar surface area (TPSA) is 84.0 Å². The minimum Gasteiger partial charge on any atom is -0.383 e. The maximum Gasteiger partial charge on any atom is 0.312 e. The fourth-order valence-electron chi connectivity index (χ4n) is 3.04. The van der Waals surface area contributed by atoms with E-state index in [1.807, 2.05) is 27.7 Å². The van der Waals surface area contributed by atoms with Crippen molar-refractivity contribution in [3.05, 3.63) is 0 Å². The van der Waals surface area contributed by atoms with E-state index in [9.17, 15) is 18.0 Å². The van der Waals surface area contributed by atoms with Crippen LogP contribution < -0.4 is 0 Å². The highest BCUT2D eigenvalue weighted by atomic mass is 32.2. The molecule has 7 nitrogen and oxygen atoms in total. The molecule has 1 atom stereocenters. The summed E-state index contributed by atoms with van der Waals surface area (Å²) in [6, 6.07) is -0.448. The molecule has 1 unspecified atom stereocenters. The van der Waals surface area contributed by atoms with Crippen molar-refractivity contribution in [2.24, 2.45) is 11.8 Å². The van der Waals surface area contributed by atoms with E-state index >= 15 is 0 Å². The van der Waals surface area contributed by atoms with E-state index in [-0.39, 0.29) is 36.5 Å². The Hall–Kier alpha value is -1.15. The van der Waals surface area contributed by atoms with E-state index in [0.29, 0.717) is 19.5 Å². The number of carbonyl (C=O) groups is 2. The van der Waals surface area contributed by atoms with Crippen molar-refractivity contribution < 1.29 is 22.7 Å². The quantitative estimate of drug-likeness (QED) is 0.585. The number of rotatable bonds is 8. The Morgan fingerprint density at radius 1 is 1.08 bits per heavy atom. The molecular formula is C17H32N2O5S. The van der Waals surface area contributed by atoms with E-state index in [2.05, 4.69) is 0 Å². The van der Waals surface area contributed by atoms with E-state index in [0.717, 1.165) is 0 Å². The van der Waals surface area contributed by atoms with Gasteiger partial charge in [0.1, 0.15) is 0 Å². The first kappa shape index (κ1) is 21.9. The number of hydrogen-bond acceptors (Lipinski definition) is 5. The molecule has 1 heterocycles. The second-order valence-corrected chi connectivity index (χ2v) is 9.77. The highest BCUT2D eigenvalue weighted by Gasteiger charge is 2.38. The summed E-state index contributed by atoms with van der Waals surface area (Å²) < 4.78 is 28.6. The van der Waals surface area contributed by atoms with Gasteiger partial charge in [-0.1, -0.05) is 27.7 Å². The van der Waals surface area contributed by atoms with Gasteiger partial charge in [-0.15, -0.1) is 0 Å². The van der Waals surface area contributed by atoms with Gasteiger partial charge in [0.15, 0.2) is 9.84 Å². The van der Waals surface area contributed by atoms with Gasteiger partial charge in [0.05, 0.1) is 18.1 Å². The van der Waals surface area contributed by atoms with Crippen molar-refractivity contribution in [1.29, 1.82) is 0 Å². The van der Waals surface area contributed by atoms with Gasteiger partial charge in [-0.05, 0) is 18.3 Å². The van der Waals surface area contributed by atoms with Crippen molar-refractivity contribution in [2.75, 3.05) is 44.9 Å². The molecule has 1 saturated heterocycles. The van der Waals surface area contributed by atoms with Crippen molar-refractivity contribution in [3.8, 4) is 0 Å². The zero-order chi connectivity index (χ0) is 19.2. The number of amides is 2. The molecule has 0 aliphatic carbocycles. The van der Waals surface area contributed by atoms with Gasteiger partial charge in [0.2, 0.25) is 0 Å². The van der Waals surface area contributed by atoms with Gasteiger partial charge in [-0.3, -0.25) is 9.59 Å². The first-order valence-corrected chi connectivity index (χ1v) is 10.7. The van der Waals surface area contributed by atoms with Gasteiger partial charge in [-0.2, -0.15) is 0 Å². The lowest BCUT2D eigenvalue weighted by molar-refractivity contribution is -0.154. The Bertz CT molecular complexity index is 549.